The van der Waals surface area contributed by atoms with Crippen LogP contribution in [0.5, 0.6) is 5.75 Å². The van der Waals surface area contributed by atoms with Crippen LogP contribution in [0.4, 0.5) is 0 Å². The van der Waals surface area contributed by atoms with E-state index in [4.69, 9.17) is 0 Å². The Morgan fingerprint density at radius 1 is 1.53 bits per heavy atom. The molecule has 84 valence electrons. The molecular weight excluding hydrogens is 208 g/mol. The van der Waals surface area contributed by atoms with Crippen molar-refractivity contribution in [2.24, 2.45) is 0 Å². The van der Waals surface area contributed by atoms with Gasteiger partial charge < -0.3 is 10.4 Å². The van der Waals surface area contributed by atoms with Gasteiger partial charge in [0.1, 0.15) is 5.75 Å². The van der Waals surface area contributed by atoms with Gasteiger partial charge in [-0.15, -0.1) is 0 Å². The van der Waals surface area contributed by atoms with Gasteiger partial charge >= 0.3 is 0 Å². The minimum atomic E-state index is 0.268. The van der Waals surface area contributed by atoms with Crippen molar-refractivity contribution < 1.29 is 5.11 Å². The van der Waals surface area contributed by atoms with Gasteiger partial charge in [-0.2, -0.15) is 11.8 Å². The third kappa shape index (κ3) is 4.10. The molecule has 15 heavy (non-hydrogen) atoms. The van der Waals surface area contributed by atoms with Gasteiger partial charge in [0, 0.05) is 24.0 Å². The number of nitrogens with zero attached hydrogens (tertiary/aromatic N) is 1. The van der Waals surface area contributed by atoms with Crippen LogP contribution in [-0.4, -0.2) is 28.1 Å². The van der Waals surface area contributed by atoms with Gasteiger partial charge in [0.05, 0.1) is 5.69 Å². The van der Waals surface area contributed by atoms with Crippen LogP contribution >= 0.6 is 11.8 Å². The molecular formula is C11H18N2OS. The number of nitrogens with one attached hydrogen (secondary N) is 1. The third-order valence-corrected chi connectivity index (χ3v) is 3.19. The molecule has 4 heteroatoms. The number of pyridine rings is 1. The van der Waals surface area contributed by atoms with Gasteiger partial charge in [0.15, 0.2) is 0 Å². The number of thioether (sulfide) groups is 1. The molecule has 0 fully saturated rings. The van der Waals surface area contributed by atoms with Gasteiger partial charge in [-0.3, -0.25) is 4.98 Å². The SMILES string of the molecule is CSC(C)CNCc1nc(C)ccc1O. The highest BCUT2D eigenvalue weighted by atomic mass is 32.2. The Balaban J connectivity index is 2.46. The summed E-state index contributed by atoms with van der Waals surface area (Å²) in [5.74, 6) is 0.268. The van der Waals surface area contributed by atoms with Crippen molar-refractivity contribution in [3.8, 4) is 5.75 Å². The number of aryl methyl sites for hydroxylation is 1. The molecule has 2 N–H and O–H groups in total. The van der Waals surface area contributed by atoms with Crippen LogP contribution in [0.15, 0.2) is 12.1 Å². The van der Waals surface area contributed by atoms with E-state index < -0.39 is 0 Å². The third-order valence-electron chi connectivity index (χ3n) is 2.22. The molecule has 0 amide bonds. The van der Waals surface area contributed by atoms with Gasteiger partial charge in [-0.25, -0.2) is 0 Å². The number of aromatic nitrogens is 1. The maximum Gasteiger partial charge on any atom is 0.138 e. The lowest BCUT2D eigenvalue weighted by Crippen LogP contribution is -2.22. The van der Waals surface area contributed by atoms with E-state index in [-0.39, 0.29) is 5.75 Å². The minimum absolute atomic E-state index is 0.268. The molecule has 0 saturated heterocycles. The van der Waals surface area contributed by atoms with Crippen molar-refractivity contribution in [3.63, 3.8) is 0 Å². The van der Waals surface area contributed by atoms with Crippen LogP contribution in [0.2, 0.25) is 0 Å². The second kappa shape index (κ2) is 5.98. The number of hydrogen-bond acceptors (Lipinski definition) is 4. The van der Waals surface area contributed by atoms with Crippen LogP contribution in [0, 0.1) is 6.92 Å². The largest absolute Gasteiger partial charge is 0.506 e. The molecule has 0 aliphatic carbocycles. The number of rotatable bonds is 5. The summed E-state index contributed by atoms with van der Waals surface area (Å²) in [6.07, 6.45) is 2.09. The van der Waals surface area contributed by atoms with E-state index in [2.05, 4.69) is 23.5 Å². The lowest BCUT2D eigenvalue weighted by molar-refractivity contribution is 0.459. The molecule has 1 heterocycles. The minimum Gasteiger partial charge on any atom is -0.506 e. The Labute approximate surface area is 95.3 Å². The average Bonchev–Trinajstić information content (AvgIpc) is 2.23. The maximum absolute atomic E-state index is 9.55. The molecule has 1 aromatic heterocycles. The molecule has 0 aliphatic heterocycles. The highest BCUT2D eigenvalue weighted by molar-refractivity contribution is 7.99. The first-order valence-corrected chi connectivity index (χ1v) is 6.31. The van der Waals surface area contributed by atoms with Crippen molar-refractivity contribution in [2.45, 2.75) is 25.6 Å². The Morgan fingerprint density at radius 3 is 2.93 bits per heavy atom. The predicted molar refractivity (Wildman–Crippen MR) is 65.3 cm³/mol. The summed E-state index contributed by atoms with van der Waals surface area (Å²) in [5, 5.41) is 13.4. The molecule has 0 bridgehead atoms. The smallest absolute Gasteiger partial charge is 0.138 e. The molecule has 0 saturated carbocycles. The fourth-order valence-electron chi connectivity index (χ4n) is 1.21. The molecule has 0 radical (unpaired) electrons. The summed E-state index contributed by atoms with van der Waals surface area (Å²) >= 11 is 1.82. The van der Waals surface area contributed by atoms with Crippen LogP contribution in [0.1, 0.15) is 18.3 Å². The molecule has 1 atom stereocenters. The highest BCUT2D eigenvalue weighted by Gasteiger charge is 2.04. The van der Waals surface area contributed by atoms with E-state index in [9.17, 15) is 5.11 Å². The fraction of sp³-hybridized carbons (Fsp3) is 0.545. The van der Waals surface area contributed by atoms with Crippen molar-refractivity contribution in [1.29, 1.82) is 0 Å². The van der Waals surface area contributed by atoms with E-state index in [0.29, 0.717) is 11.8 Å². The zero-order valence-electron chi connectivity index (χ0n) is 9.45. The maximum atomic E-state index is 9.55. The standard InChI is InChI=1S/C11H18N2OS/c1-8-4-5-11(14)10(13-8)7-12-6-9(2)15-3/h4-5,9,12,14H,6-7H2,1-3H3. The monoisotopic (exact) mass is 226 g/mol. The van der Waals surface area contributed by atoms with Crippen LogP contribution < -0.4 is 5.32 Å². The zero-order valence-corrected chi connectivity index (χ0v) is 10.3. The van der Waals surface area contributed by atoms with Crippen molar-refractivity contribution in [2.75, 3.05) is 12.8 Å². The van der Waals surface area contributed by atoms with Crippen molar-refractivity contribution in [1.82, 2.24) is 10.3 Å². The van der Waals surface area contributed by atoms with E-state index in [1.54, 1.807) is 6.07 Å². The topological polar surface area (TPSA) is 45.2 Å². The molecule has 1 aromatic rings. The molecule has 1 rings (SSSR count). The van der Waals surface area contributed by atoms with Gasteiger partial charge in [-0.05, 0) is 25.3 Å². The van der Waals surface area contributed by atoms with E-state index in [1.807, 2.05) is 24.8 Å². The molecule has 3 nitrogen and oxygen atoms in total. The summed E-state index contributed by atoms with van der Waals surface area (Å²) in [4.78, 5) is 4.28. The lowest BCUT2D eigenvalue weighted by Gasteiger charge is -2.10. The van der Waals surface area contributed by atoms with E-state index in [0.717, 1.165) is 17.9 Å². The van der Waals surface area contributed by atoms with Crippen LogP contribution in [-0.2, 0) is 6.54 Å². The Bertz CT molecular complexity index is 317. The number of aromatic hydroxyl groups is 1. The fourth-order valence-corrected chi connectivity index (χ4v) is 1.49. The van der Waals surface area contributed by atoms with Crippen LogP contribution in [0.3, 0.4) is 0 Å². The summed E-state index contributed by atoms with van der Waals surface area (Å²) in [5.41, 5.74) is 1.66. The second-order valence-electron chi connectivity index (χ2n) is 3.60. The Morgan fingerprint density at radius 2 is 2.27 bits per heavy atom. The summed E-state index contributed by atoms with van der Waals surface area (Å²) in [6, 6.07) is 3.50. The zero-order chi connectivity index (χ0) is 11.3. The van der Waals surface area contributed by atoms with Crippen molar-refractivity contribution >= 4 is 11.8 Å². The highest BCUT2D eigenvalue weighted by Crippen LogP contribution is 2.14. The predicted octanol–water partition coefficient (Wildman–Crippen LogP) is 1.94. The lowest BCUT2D eigenvalue weighted by atomic mass is 10.3. The summed E-state index contributed by atoms with van der Waals surface area (Å²) in [6.45, 7) is 5.64. The molecule has 0 spiro atoms. The van der Waals surface area contributed by atoms with E-state index >= 15 is 0 Å². The second-order valence-corrected chi connectivity index (χ2v) is 4.87. The van der Waals surface area contributed by atoms with Crippen molar-refractivity contribution in [3.05, 3.63) is 23.5 Å². The first kappa shape index (κ1) is 12.3. The molecule has 0 aliphatic rings. The normalized spacial score (nSPS) is 12.7. The first-order chi connectivity index (χ1) is 7.13. The van der Waals surface area contributed by atoms with Gasteiger partial charge in [-0.1, -0.05) is 6.92 Å². The quantitative estimate of drug-likeness (QED) is 0.805. The Kier molecular flexibility index (Phi) is 4.91. The van der Waals surface area contributed by atoms with Gasteiger partial charge in [0.25, 0.3) is 0 Å². The first-order valence-electron chi connectivity index (χ1n) is 5.02. The van der Waals surface area contributed by atoms with E-state index in [1.165, 1.54) is 0 Å². The Hall–Kier alpha value is -0.740. The molecule has 1 unspecified atom stereocenters. The molecule has 0 aromatic carbocycles. The summed E-state index contributed by atoms with van der Waals surface area (Å²) in [7, 11) is 0. The average molecular weight is 226 g/mol. The summed E-state index contributed by atoms with van der Waals surface area (Å²) < 4.78 is 0. The van der Waals surface area contributed by atoms with Gasteiger partial charge in [0.2, 0.25) is 0 Å². The number of hydrogen-bond donors (Lipinski definition) is 2. The van der Waals surface area contributed by atoms with Crippen LogP contribution in [0.25, 0.3) is 0 Å².